The second-order valence-corrected chi connectivity index (χ2v) is 3.50. The summed E-state index contributed by atoms with van der Waals surface area (Å²) in [6.45, 7) is 5.99. The lowest BCUT2D eigenvalue weighted by atomic mass is 9.96. The van der Waals surface area contributed by atoms with E-state index >= 15 is 0 Å². The first-order valence-corrected chi connectivity index (χ1v) is 3.55. The largest absolute Gasteiger partial charge is 0.374 e. The summed E-state index contributed by atoms with van der Waals surface area (Å²) in [5, 5.41) is 12.7. The van der Waals surface area contributed by atoms with Gasteiger partial charge in [-0.25, -0.2) is 9.67 Å². The average molecular weight is 155 g/mol. The van der Waals surface area contributed by atoms with Gasteiger partial charge in [0, 0.05) is 5.41 Å². The van der Waals surface area contributed by atoms with Gasteiger partial charge in [-0.1, -0.05) is 20.8 Å². The summed E-state index contributed by atoms with van der Waals surface area (Å²) >= 11 is 0. The van der Waals surface area contributed by atoms with Crippen molar-refractivity contribution in [3.8, 4) is 0 Å². The molecule has 0 saturated carbocycles. The van der Waals surface area contributed by atoms with Gasteiger partial charge in [0.05, 0.1) is 0 Å². The molecule has 0 fully saturated rings. The fraction of sp³-hybridized carbons (Fsp3) is 0.714. The molecule has 0 saturated heterocycles. The SMILES string of the molecule is CC(C)(C)c1ncn(CO)n1. The molecule has 0 bridgehead atoms. The van der Waals surface area contributed by atoms with E-state index in [9.17, 15) is 0 Å². The molecule has 0 aliphatic rings. The number of hydrogen-bond donors (Lipinski definition) is 1. The third-order valence-electron chi connectivity index (χ3n) is 1.35. The van der Waals surface area contributed by atoms with Crippen molar-refractivity contribution in [2.45, 2.75) is 32.9 Å². The van der Waals surface area contributed by atoms with Gasteiger partial charge in [-0.3, -0.25) is 0 Å². The van der Waals surface area contributed by atoms with Crippen molar-refractivity contribution in [3.05, 3.63) is 12.2 Å². The van der Waals surface area contributed by atoms with Crippen molar-refractivity contribution < 1.29 is 5.11 Å². The van der Waals surface area contributed by atoms with E-state index in [0.29, 0.717) is 0 Å². The van der Waals surface area contributed by atoms with Crippen molar-refractivity contribution in [2.24, 2.45) is 0 Å². The fourth-order valence-corrected chi connectivity index (χ4v) is 0.706. The molecule has 0 aliphatic carbocycles. The molecule has 0 amide bonds. The molecule has 1 heterocycles. The lowest BCUT2D eigenvalue weighted by molar-refractivity contribution is 0.193. The van der Waals surface area contributed by atoms with Crippen LogP contribution in [0.5, 0.6) is 0 Å². The Hall–Kier alpha value is -0.900. The van der Waals surface area contributed by atoms with Gasteiger partial charge in [-0.2, -0.15) is 5.10 Å². The number of aliphatic hydroxyl groups excluding tert-OH is 1. The van der Waals surface area contributed by atoms with Crippen LogP contribution in [0.25, 0.3) is 0 Å². The van der Waals surface area contributed by atoms with Crippen LogP contribution in [-0.2, 0) is 12.1 Å². The van der Waals surface area contributed by atoms with Gasteiger partial charge >= 0.3 is 0 Å². The molecule has 62 valence electrons. The predicted octanol–water partition coefficient (Wildman–Crippen LogP) is 0.525. The van der Waals surface area contributed by atoms with Crippen LogP contribution in [0, 0.1) is 0 Å². The summed E-state index contributed by atoms with van der Waals surface area (Å²) in [6.07, 6.45) is 1.53. The summed E-state index contributed by atoms with van der Waals surface area (Å²) < 4.78 is 1.40. The smallest absolute Gasteiger partial charge is 0.155 e. The van der Waals surface area contributed by atoms with E-state index in [-0.39, 0.29) is 12.1 Å². The van der Waals surface area contributed by atoms with Crippen molar-refractivity contribution in [2.75, 3.05) is 0 Å². The Kier molecular flexibility index (Phi) is 1.95. The van der Waals surface area contributed by atoms with E-state index in [1.807, 2.05) is 20.8 Å². The molecular weight excluding hydrogens is 142 g/mol. The topological polar surface area (TPSA) is 50.9 Å². The molecular formula is C7H13N3O. The number of hydrogen-bond acceptors (Lipinski definition) is 3. The third-order valence-corrected chi connectivity index (χ3v) is 1.35. The maximum absolute atomic E-state index is 8.68. The Balaban J connectivity index is 2.89. The summed E-state index contributed by atoms with van der Waals surface area (Å²) in [4.78, 5) is 4.05. The van der Waals surface area contributed by atoms with Gasteiger partial charge in [0.25, 0.3) is 0 Å². The predicted molar refractivity (Wildman–Crippen MR) is 40.9 cm³/mol. The van der Waals surface area contributed by atoms with Crippen LogP contribution >= 0.6 is 0 Å². The molecule has 0 spiro atoms. The minimum atomic E-state index is -0.108. The highest BCUT2D eigenvalue weighted by atomic mass is 16.3. The molecule has 1 aromatic heterocycles. The minimum Gasteiger partial charge on any atom is -0.374 e. The highest BCUT2D eigenvalue weighted by molar-refractivity contribution is 4.98. The van der Waals surface area contributed by atoms with Crippen molar-refractivity contribution in [1.29, 1.82) is 0 Å². The van der Waals surface area contributed by atoms with E-state index in [0.717, 1.165) is 5.82 Å². The quantitative estimate of drug-likeness (QED) is 0.643. The van der Waals surface area contributed by atoms with E-state index in [1.165, 1.54) is 11.0 Å². The van der Waals surface area contributed by atoms with Crippen LogP contribution in [0.2, 0.25) is 0 Å². The van der Waals surface area contributed by atoms with Gasteiger partial charge in [-0.05, 0) is 0 Å². The minimum absolute atomic E-state index is 0.0413. The van der Waals surface area contributed by atoms with Crippen LogP contribution in [0.1, 0.15) is 26.6 Å². The van der Waals surface area contributed by atoms with Crippen LogP contribution in [0.3, 0.4) is 0 Å². The molecule has 1 aromatic rings. The van der Waals surface area contributed by atoms with Crippen LogP contribution in [-0.4, -0.2) is 19.9 Å². The van der Waals surface area contributed by atoms with Gasteiger partial charge < -0.3 is 5.11 Å². The van der Waals surface area contributed by atoms with Crippen molar-refractivity contribution in [3.63, 3.8) is 0 Å². The first-order chi connectivity index (χ1) is 5.04. The second-order valence-electron chi connectivity index (χ2n) is 3.50. The van der Waals surface area contributed by atoms with Crippen molar-refractivity contribution in [1.82, 2.24) is 14.8 Å². The lowest BCUT2D eigenvalue weighted by Gasteiger charge is -2.12. The monoisotopic (exact) mass is 155 g/mol. The molecule has 0 aliphatic heterocycles. The zero-order valence-corrected chi connectivity index (χ0v) is 7.07. The summed E-state index contributed by atoms with van der Waals surface area (Å²) in [7, 11) is 0. The molecule has 0 aromatic carbocycles. The number of rotatable bonds is 1. The van der Waals surface area contributed by atoms with E-state index in [4.69, 9.17) is 5.11 Å². The highest BCUT2D eigenvalue weighted by Crippen LogP contribution is 2.16. The van der Waals surface area contributed by atoms with E-state index in [2.05, 4.69) is 10.1 Å². The molecule has 0 radical (unpaired) electrons. The van der Waals surface area contributed by atoms with Crippen LogP contribution in [0.4, 0.5) is 0 Å². The second kappa shape index (κ2) is 2.62. The zero-order chi connectivity index (χ0) is 8.48. The summed E-state index contributed by atoms with van der Waals surface area (Å²) in [5.41, 5.74) is -0.0413. The normalized spacial score (nSPS) is 12.0. The molecule has 0 unspecified atom stereocenters. The molecule has 11 heavy (non-hydrogen) atoms. The molecule has 1 N–H and O–H groups in total. The van der Waals surface area contributed by atoms with Gasteiger partial charge in [-0.15, -0.1) is 0 Å². The molecule has 4 nitrogen and oxygen atoms in total. The highest BCUT2D eigenvalue weighted by Gasteiger charge is 2.18. The summed E-state index contributed by atoms with van der Waals surface area (Å²) in [5.74, 6) is 0.756. The molecule has 0 atom stereocenters. The van der Waals surface area contributed by atoms with E-state index < -0.39 is 0 Å². The maximum Gasteiger partial charge on any atom is 0.155 e. The first kappa shape index (κ1) is 8.20. The van der Waals surface area contributed by atoms with Gasteiger partial charge in [0.1, 0.15) is 13.1 Å². The van der Waals surface area contributed by atoms with Crippen LogP contribution in [0.15, 0.2) is 6.33 Å². The Bertz CT molecular complexity index is 236. The molecule has 4 heteroatoms. The average Bonchev–Trinajstić information content (AvgIpc) is 2.32. The Morgan fingerprint density at radius 1 is 1.55 bits per heavy atom. The first-order valence-electron chi connectivity index (χ1n) is 3.55. The molecule has 1 rings (SSSR count). The van der Waals surface area contributed by atoms with E-state index in [1.54, 1.807) is 0 Å². The Morgan fingerprint density at radius 2 is 2.18 bits per heavy atom. The Morgan fingerprint density at radius 3 is 2.45 bits per heavy atom. The van der Waals surface area contributed by atoms with Gasteiger partial charge in [0.2, 0.25) is 0 Å². The van der Waals surface area contributed by atoms with Gasteiger partial charge in [0.15, 0.2) is 5.82 Å². The van der Waals surface area contributed by atoms with Crippen LogP contribution < -0.4 is 0 Å². The zero-order valence-electron chi connectivity index (χ0n) is 7.07. The number of aromatic nitrogens is 3. The maximum atomic E-state index is 8.68. The Labute approximate surface area is 65.9 Å². The summed E-state index contributed by atoms with van der Waals surface area (Å²) in [6, 6.07) is 0. The fourth-order valence-electron chi connectivity index (χ4n) is 0.706. The standard InChI is InChI=1S/C7H13N3O/c1-7(2,3)6-8-4-10(5-11)9-6/h4,11H,5H2,1-3H3. The van der Waals surface area contributed by atoms with Crippen molar-refractivity contribution >= 4 is 0 Å². The third kappa shape index (κ3) is 1.77. The number of nitrogens with zero attached hydrogens (tertiary/aromatic N) is 3. The number of aliphatic hydroxyl groups is 1. The lowest BCUT2D eigenvalue weighted by Crippen LogP contribution is -2.14.